The quantitative estimate of drug-likeness (QED) is 0.305. The summed E-state index contributed by atoms with van der Waals surface area (Å²) in [6.45, 7) is 6.05. The fourth-order valence-corrected chi connectivity index (χ4v) is 2.31. The zero-order chi connectivity index (χ0) is 14.0. The van der Waals surface area contributed by atoms with E-state index in [0.29, 0.717) is 13.0 Å². The lowest BCUT2D eigenvalue weighted by Gasteiger charge is -2.28. The molecule has 1 N–H and O–H groups in total. The number of aliphatic hydroxyl groups is 1. The van der Waals surface area contributed by atoms with Gasteiger partial charge in [0.25, 0.3) is 0 Å². The molecule has 0 aliphatic carbocycles. The summed E-state index contributed by atoms with van der Waals surface area (Å²) in [6, 6.07) is 0. The van der Waals surface area contributed by atoms with Gasteiger partial charge < -0.3 is 9.84 Å². The monoisotopic (exact) mass is 320 g/mol. The third kappa shape index (κ3) is 5.53. The molecule has 0 aromatic carbocycles. The lowest BCUT2D eigenvalue weighted by atomic mass is 9.94. The number of aliphatic hydroxyl groups excluding tert-OH is 1. The van der Waals surface area contributed by atoms with E-state index in [9.17, 15) is 9.90 Å². The fraction of sp³-hybridized carbons (Fsp3) is 0.786. The molecule has 0 fully saturated rings. The third-order valence-electron chi connectivity index (χ3n) is 2.85. The van der Waals surface area contributed by atoms with Crippen molar-refractivity contribution in [2.45, 2.75) is 63.3 Å². The molecule has 0 amide bonds. The molecular formula is C14H25BrO3. The third-order valence-corrected chi connectivity index (χ3v) is 4.04. The summed E-state index contributed by atoms with van der Waals surface area (Å²) >= 11 is 3.39. The highest BCUT2D eigenvalue weighted by Gasteiger charge is 2.42. The first-order chi connectivity index (χ1) is 8.52. The van der Waals surface area contributed by atoms with Gasteiger partial charge in [0.15, 0.2) is 4.32 Å². The maximum Gasteiger partial charge on any atom is 0.325 e. The number of allylic oxidation sites excluding steroid dienone is 1. The maximum absolute atomic E-state index is 12.0. The number of rotatable bonds is 9. The summed E-state index contributed by atoms with van der Waals surface area (Å²) in [7, 11) is 0. The Labute approximate surface area is 119 Å². The van der Waals surface area contributed by atoms with Gasteiger partial charge in [-0.25, -0.2) is 0 Å². The Hall–Kier alpha value is -0.350. The Morgan fingerprint density at radius 2 is 2.06 bits per heavy atom. The van der Waals surface area contributed by atoms with Crippen LogP contribution in [0.3, 0.4) is 0 Å². The lowest BCUT2D eigenvalue weighted by molar-refractivity contribution is -0.148. The van der Waals surface area contributed by atoms with E-state index in [1.165, 1.54) is 0 Å². The molecule has 0 spiro atoms. The van der Waals surface area contributed by atoms with Crippen molar-refractivity contribution in [3.8, 4) is 0 Å². The van der Waals surface area contributed by atoms with Crippen molar-refractivity contribution in [1.82, 2.24) is 0 Å². The number of hydrogen-bond acceptors (Lipinski definition) is 3. The number of carbonyl (C=O) groups is 1. The van der Waals surface area contributed by atoms with Crippen LogP contribution in [0, 0.1) is 0 Å². The minimum atomic E-state index is -1.01. The Morgan fingerprint density at radius 1 is 1.39 bits per heavy atom. The van der Waals surface area contributed by atoms with E-state index in [2.05, 4.69) is 22.9 Å². The Bertz CT molecular complexity index is 266. The van der Waals surface area contributed by atoms with E-state index in [1.54, 1.807) is 19.1 Å². The van der Waals surface area contributed by atoms with Gasteiger partial charge in [0.2, 0.25) is 0 Å². The van der Waals surface area contributed by atoms with Gasteiger partial charge >= 0.3 is 5.97 Å². The maximum atomic E-state index is 12.0. The highest BCUT2D eigenvalue weighted by molar-refractivity contribution is 9.10. The zero-order valence-electron chi connectivity index (χ0n) is 11.6. The molecule has 0 bridgehead atoms. The van der Waals surface area contributed by atoms with Gasteiger partial charge in [-0.3, -0.25) is 4.79 Å². The molecule has 2 atom stereocenters. The lowest BCUT2D eigenvalue weighted by Crippen LogP contribution is -2.44. The van der Waals surface area contributed by atoms with Gasteiger partial charge in [0.05, 0.1) is 12.7 Å². The summed E-state index contributed by atoms with van der Waals surface area (Å²) in [5.74, 6) is -0.382. The van der Waals surface area contributed by atoms with Gasteiger partial charge in [-0.05, 0) is 20.3 Å². The van der Waals surface area contributed by atoms with Gasteiger partial charge in [-0.2, -0.15) is 0 Å². The van der Waals surface area contributed by atoms with E-state index in [4.69, 9.17) is 4.74 Å². The Morgan fingerprint density at radius 3 is 2.56 bits per heavy atom. The second-order valence-corrected chi connectivity index (χ2v) is 5.78. The first-order valence-electron chi connectivity index (χ1n) is 6.69. The van der Waals surface area contributed by atoms with Crippen molar-refractivity contribution in [1.29, 1.82) is 0 Å². The molecule has 0 aromatic heterocycles. The molecule has 106 valence electrons. The van der Waals surface area contributed by atoms with Crippen LogP contribution >= 0.6 is 15.9 Å². The number of unbranched alkanes of at least 4 members (excludes halogenated alkanes) is 3. The van der Waals surface area contributed by atoms with Gasteiger partial charge in [-0.1, -0.05) is 60.7 Å². The first-order valence-corrected chi connectivity index (χ1v) is 7.49. The van der Waals surface area contributed by atoms with Crippen LogP contribution < -0.4 is 0 Å². The number of carbonyl (C=O) groups excluding carboxylic acids is 1. The molecule has 0 saturated carbocycles. The Balaban J connectivity index is 4.63. The average molecular weight is 321 g/mol. The van der Waals surface area contributed by atoms with Crippen molar-refractivity contribution in [2.24, 2.45) is 0 Å². The van der Waals surface area contributed by atoms with Crippen LogP contribution in [0.5, 0.6) is 0 Å². The van der Waals surface area contributed by atoms with Crippen molar-refractivity contribution in [2.75, 3.05) is 6.61 Å². The van der Waals surface area contributed by atoms with E-state index >= 15 is 0 Å². The number of alkyl halides is 1. The molecule has 0 rings (SSSR count). The van der Waals surface area contributed by atoms with E-state index in [-0.39, 0.29) is 5.97 Å². The average Bonchev–Trinajstić information content (AvgIpc) is 2.35. The highest BCUT2D eigenvalue weighted by atomic mass is 79.9. The first kappa shape index (κ1) is 17.6. The second kappa shape index (κ2) is 9.56. The van der Waals surface area contributed by atoms with E-state index in [0.717, 1.165) is 25.7 Å². The topological polar surface area (TPSA) is 46.5 Å². The predicted octanol–water partition coefficient (Wildman–Crippen LogP) is 3.59. The van der Waals surface area contributed by atoms with Crippen LogP contribution in [0.1, 0.15) is 52.9 Å². The van der Waals surface area contributed by atoms with Crippen LogP contribution in [0.2, 0.25) is 0 Å². The molecule has 4 heteroatoms. The molecule has 0 aliphatic heterocycles. The van der Waals surface area contributed by atoms with Crippen LogP contribution in [-0.4, -0.2) is 28.1 Å². The van der Waals surface area contributed by atoms with E-state index in [1.807, 2.05) is 6.92 Å². The van der Waals surface area contributed by atoms with Crippen molar-refractivity contribution < 1.29 is 14.6 Å². The van der Waals surface area contributed by atoms with Crippen LogP contribution in [0.15, 0.2) is 12.2 Å². The SMILES string of the molecule is C/C=C/C(O)C(Br)(CCCCCC)C(=O)OCC. The summed E-state index contributed by atoms with van der Waals surface area (Å²) in [6.07, 6.45) is 7.33. The van der Waals surface area contributed by atoms with Crippen LogP contribution in [0.25, 0.3) is 0 Å². The molecule has 0 saturated heterocycles. The number of esters is 1. The number of halogens is 1. The second-order valence-electron chi connectivity index (χ2n) is 4.36. The van der Waals surface area contributed by atoms with Crippen LogP contribution in [-0.2, 0) is 9.53 Å². The van der Waals surface area contributed by atoms with Crippen LogP contribution in [0.4, 0.5) is 0 Å². The number of ether oxygens (including phenoxy) is 1. The summed E-state index contributed by atoms with van der Waals surface area (Å²) in [5, 5.41) is 10.1. The van der Waals surface area contributed by atoms with Gasteiger partial charge in [0, 0.05) is 0 Å². The summed E-state index contributed by atoms with van der Waals surface area (Å²) in [4.78, 5) is 12.0. The molecule has 3 nitrogen and oxygen atoms in total. The summed E-state index contributed by atoms with van der Waals surface area (Å²) < 4.78 is 4.04. The summed E-state index contributed by atoms with van der Waals surface area (Å²) in [5.41, 5.74) is 0. The standard InChI is InChI=1S/C14H25BrO3/c1-4-7-8-9-11-14(15,12(16)10-5-2)13(17)18-6-3/h5,10,12,16H,4,6-9,11H2,1-3H3/b10-5+. The number of hydrogen-bond donors (Lipinski definition) is 1. The normalized spacial score (nSPS) is 16.5. The minimum absolute atomic E-state index is 0.323. The van der Waals surface area contributed by atoms with Gasteiger partial charge in [-0.15, -0.1) is 0 Å². The van der Waals surface area contributed by atoms with Crippen molar-refractivity contribution >= 4 is 21.9 Å². The predicted molar refractivity (Wildman–Crippen MR) is 77.9 cm³/mol. The highest BCUT2D eigenvalue weighted by Crippen LogP contribution is 2.32. The molecule has 0 aromatic rings. The molecular weight excluding hydrogens is 296 g/mol. The van der Waals surface area contributed by atoms with Gasteiger partial charge in [0.1, 0.15) is 0 Å². The molecule has 2 unspecified atom stereocenters. The molecule has 0 aliphatic rings. The molecule has 0 heterocycles. The fourth-order valence-electron chi connectivity index (χ4n) is 1.77. The largest absolute Gasteiger partial charge is 0.465 e. The minimum Gasteiger partial charge on any atom is -0.465 e. The van der Waals surface area contributed by atoms with Crippen molar-refractivity contribution in [3.05, 3.63) is 12.2 Å². The Kier molecular flexibility index (Phi) is 9.38. The molecule has 0 radical (unpaired) electrons. The molecule has 18 heavy (non-hydrogen) atoms. The van der Waals surface area contributed by atoms with Crippen molar-refractivity contribution in [3.63, 3.8) is 0 Å². The van der Waals surface area contributed by atoms with E-state index < -0.39 is 10.4 Å². The smallest absolute Gasteiger partial charge is 0.325 e. The zero-order valence-corrected chi connectivity index (χ0v) is 13.2.